The van der Waals surface area contributed by atoms with Crippen molar-refractivity contribution in [2.45, 2.75) is 31.7 Å². The zero-order chi connectivity index (χ0) is 13.9. The summed E-state index contributed by atoms with van der Waals surface area (Å²) in [6.45, 7) is 8.48. The van der Waals surface area contributed by atoms with Gasteiger partial charge in [-0.1, -0.05) is 6.07 Å². The van der Waals surface area contributed by atoms with Crippen molar-refractivity contribution in [1.29, 1.82) is 0 Å². The van der Waals surface area contributed by atoms with Gasteiger partial charge in [-0.05, 0) is 31.5 Å². The lowest BCUT2D eigenvalue weighted by molar-refractivity contribution is 0.252. The molecule has 1 aliphatic heterocycles. The molecule has 0 bridgehead atoms. The lowest BCUT2D eigenvalue weighted by Crippen LogP contribution is -2.42. The van der Waals surface area contributed by atoms with Gasteiger partial charge in [0.1, 0.15) is 5.75 Å². The summed E-state index contributed by atoms with van der Waals surface area (Å²) < 4.78 is 5.68. The summed E-state index contributed by atoms with van der Waals surface area (Å²) >= 11 is 2.07. The van der Waals surface area contributed by atoms with E-state index in [0.717, 1.165) is 30.9 Å². The molecule has 4 heteroatoms. The first kappa shape index (κ1) is 14.7. The van der Waals surface area contributed by atoms with Crippen LogP contribution in [0.4, 0.5) is 0 Å². The third kappa shape index (κ3) is 3.88. The molecule has 2 rings (SSSR count). The molecular formula is C15H24N2OS. The van der Waals surface area contributed by atoms with Gasteiger partial charge in [0.05, 0.1) is 7.11 Å². The average molecular weight is 280 g/mol. The number of nitrogens with zero attached hydrogens (tertiary/aromatic N) is 1. The van der Waals surface area contributed by atoms with Crippen molar-refractivity contribution in [3.05, 3.63) is 29.3 Å². The molecule has 3 nitrogen and oxygen atoms in total. The van der Waals surface area contributed by atoms with E-state index in [0.29, 0.717) is 11.3 Å². The predicted molar refractivity (Wildman–Crippen MR) is 82.7 cm³/mol. The van der Waals surface area contributed by atoms with Crippen molar-refractivity contribution < 1.29 is 4.74 Å². The predicted octanol–water partition coefficient (Wildman–Crippen LogP) is 2.48. The number of nitrogens with two attached hydrogens (primary N) is 1. The Balaban J connectivity index is 2.06. The molecule has 0 atom stereocenters. The van der Waals surface area contributed by atoms with Crippen molar-refractivity contribution in [3.8, 4) is 5.75 Å². The number of hydrogen-bond acceptors (Lipinski definition) is 4. The zero-order valence-corrected chi connectivity index (χ0v) is 12.9. The van der Waals surface area contributed by atoms with Crippen LogP contribution in [0.2, 0.25) is 0 Å². The average Bonchev–Trinajstić information content (AvgIpc) is 2.37. The molecule has 1 fully saturated rings. The van der Waals surface area contributed by atoms with E-state index in [2.05, 4.69) is 42.6 Å². The smallest absolute Gasteiger partial charge is 0.123 e. The summed E-state index contributed by atoms with van der Waals surface area (Å²) in [6, 6.07) is 6.35. The second-order valence-electron chi connectivity index (χ2n) is 5.67. The van der Waals surface area contributed by atoms with Crippen LogP contribution in [0.5, 0.6) is 5.75 Å². The number of thioether (sulfide) groups is 1. The summed E-state index contributed by atoms with van der Waals surface area (Å²) in [5.41, 5.74) is 8.19. The molecule has 1 saturated heterocycles. The largest absolute Gasteiger partial charge is 0.496 e. The fourth-order valence-electron chi connectivity index (χ4n) is 2.60. The molecule has 0 saturated carbocycles. The summed E-state index contributed by atoms with van der Waals surface area (Å²) in [7, 11) is 1.69. The molecule has 2 N–H and O–H groups in total. The van der Waals surface area contributed by atoms with Gasteiger partial charge in [0.15, 0.2) is 0 Å². The Bertz CT molecular complexity index is 434. The third-order valence-corrected chi connectivity index (χ3v) is 4.77. The van der Waals surface area contributed by atoms with Crippen LogP contribution in [-0.2, 0) is 13.1 Å². The Morgan fingerprint density at radius 1 is 1.42 bits per heavy atom. The standard InChI is InChI=1S/C15H24N2OS/c1-15(2)11-17(6-7-19-15)10-12-4-5-14(18-3)13(8-12)9-16/h4-5,8H,6-7,9-11,16H2,1-3H3. The normalized spacial score (nSPS) is 19.4. The minimum Gasteiger partial charge on any atom is -0.496 e. The van der Waals surface area contributed by atoms with E-state index in [1.54, 1.807) is 7.11 Å². The lowest BCUT2D eigenvalue weighted by atomic mass is 10.1. The third-order valence-electron chi connectivity index (χ3n) is 3.48. The van der Waals surface area contributed by atoms with Crippen molar-refractivity contribution in [2.24, 2.45) is 5.73 Å². The molecule has 0 amide bonds. The molecule has 0 unspecified atom stereocenters. The van der Waals surface area contributed by atoms with Gasteiger partial charge < -0.3 is 10.5 Å². The first-order valence-electron chi connectivity index (χ1n) is 6.76. The van der Waals surface area contributed by atoms with E-state index in [9.17, 15) is 0 Å². The number of hydrogen-bond donors (Lipinski definition) is 1. The Hall–Kier alpha value is -0.710. The zero-order valence-electron chi connectivity index (χ0n) is 12.1. The molecule has 0 radical (unpaired) electrons. The second-order valence-corrected chi connectivity index (χ2v) is 7.47. The lowest BCUT2D eigenvalue weighted by Gasteiger charge is -2.37. The summed E-state index contributed by atoms with van der Waals surface area (Å²) in [5, 5.41) is 0. The molecular weight excluding hydrogens is 256 g/mol. The van der Waals surface area contributed by atoms with Gasteiger partial charge in [-0.3, -0.25) is 4.90 Å². The molecule has 0 spiro atoms. The van der Waals surface area contributed by atoms with Crippen molar-refractivity contribution in [3.63, 3.8) is 0 Å². The van der Waals surface area contributed by atoms with Crippen LogP contribution in [0, 0.1) is 0 Å². The highest BCUT2D eigenvalue weighted by Crippen LogP contribution is 2.30. The highest BCUT2D eigenvalue weighted by atomic mass is 32.2. The highest BCUT2D eigenvalue weighted by Gasteiger charge is 2.26. The van der Waals surface area contributed by atoms with Crippen molar-refractivity contribution in [1.82, 2.24) is 4.90 Å². The molecule has 0 aromatic heterocycles. The first-order chi connectivity index (χ1) is 9.04. The van der Waals surface area contributed by atoms with E-state index >= 15 is 0 Å². The number of benzene rings is 1. The summed E-state index contributed by atoms with van der Waals surface area (Å²) in [4.78, 5) is 2.53. The van der Waals surface area contributed by atoms with E-state index in [4.69, 9.17) is 10.5 Å². The minimum absolute atomic E-state index is 0.363. The Kier molecular flexibility index (Phi) is 4.76. The van der Waals surface area contributed by atoms with Gasteiger partial charge in [-0.25, -0.2) is 0 Å². The van der Waals surface area contributed by atoms with E-state index in [1.165, 1.54) is 11.3 Å². The monoisotopic (exact) mass is 280 g/mol. The minimum atomic E-state index is 0.363. The van der Waals surface area contributed by atoms with Gasteiger partial charge in [0.2, 0.25) is 0 Å². The van der Waals surface area contributed by atoms with Gasteiger partial charge in [-0.2, -0.15) is 11.8 Å². The van der Waals surface area contributed by atoms with Crippen molar-refractivity contribution >= 4 is 11.8 Å². The van der Waals surface area contributed by atoms with E-state index in [-0.39, 0.29) is 0 Å². The SMILES string of the molecule is COc1ccc(CN2CCSC(C)(C)C2)cc1CN. The van der Waals surface area contributed by atoms with Crippen molar-refractivity contribution in [2.75, 3.05) is 26.0 Å². The Morgan fingerprint density at radius 2 is 2.21 bits per heavy atom. The molecule has 0 aliphatic carbocycles. The number of rotatable bonds is 4. The molecule has 1 aliphatic rings. The molecule has 1 heterocycles. The Labute approximate surface area is 120 Å². The van der Waals surface area contributed by atoms with Gasteiger partial charge >= 0.3 is 0 Å². The molecule has 106 valence electrons. The van der Waals surface area contributed by atoms with Crippen LogP contribution in [-0.4, -0.2) is 35.6 Å². The van der Waals surface area contributed by atoms with Crippen LogP contribution in [0.1, 0.15) is 25.0 Å². The number of methoxy groups -OCH3 is 1. The molecule has 1 aromatic carbocycles. The fourth-order valence-corrected chi connectivity index (χ4v) is 3.77. The summed E-state index contributed by atoms with van der Waals surface area (Å²) in [6.07, 6.45) is 0. The maximum atomic E-state index is 5.77. The summed E-state index contributed by atoms with van der Waals surface area (Å²) in [5.74, 6) is 2.10. The van der Waals surface area contributed by atoms with Crippen LogP contribution in [0.15, 0.2) is 18.2 Å². The maximum Gasteiger partial charge on any atom is 0.123 e. The second kappa shape index (κ2) is 6.16. The first-order valence-corrected chi connectivity index (χ1v) is 7.75. The van der Waals surface area contributed by atoms with Crippen LogP contribution in [0.3, 0.4) is 0 Å². The Morgan fingerprint density at radius 3 is 2.84 bits per heavy atom. The maximum absolute atomic E-state index is 5.77. The van der Waals surface area contributed by atoms with Gasteiger partial charge in [-0.15, -0.1) is 0 Å². The van der Waals surface area contributed by atoms with Crippen LogP contribution >= 0.6 is 11.8 Å². The quantitative estimate of drug-likeness (QED) is 0.919. The topological polar surface area (TPSA) is 38.5 Å². The van der Waals surface area contributed by atoms with Gasteiger partial charge in [0.25, 0.3) is 0 Å². The molecule has 1 aromatic rings. The molecule has 19 heavy (non-hydrogen) atoms. The van der Waals surface area contributed by atoms with E-state index in [1.807, 2.05) is 6.07 Å². The highest BCUT2D eigenvalue weighted by molar-refractivity contribution is 8.00. The number of ether oxygens (including phenoxy) is 1. The van der Waals surface area contributed by atoms with Crippen LogP contribution in [0.25, 0.3) is 0 Å². The van der Waals surface area contributed by atoms with Crippen LogP contribution < -0.4 is 10.5 Å². The fraction of sp³-hybridized carbons (Fsp3) is 0.600. The van der Waals surface area contributed by atoms with Gasteiger partial charge in [0, 0.05) is 42.2 Å². The van der Waals surface area contributed by atoms with E-state index < -0.39 is 0 Å².